The molecule has 0 saturated heterocycles. The highest BCUT2D eigenvalue weighted by atomic mass is 16.6. The number of nitrogens with one attached hydrogen (secondary N) is 1. The second-order valence-corrected chi connectivity index (χ2v) is 3.82. The second-order valence-electron chi connectivity index (χ2n) is 3.82. The van der Waals surface area contributed by atoms with E-state index < -0.39 is 11.9 Å². The number of carbonyl (C=O) groups is 3. The highest BCUT2D eigenvalue weighted by Crippen LogP contribution is 2.34. The Kier molecular flexibility index (Phi) is 5.08. The van der Waals surface area contributed by atoms with Gasteiger partial charge in [0, 0.05) is 26.0 Å². The number of hydrogen-bond donors (Lipinski definition) is 1. The monoisotopic (exact) mass is 281 g/mol. The number of hydrogen-bond acceptors (Lipinski definition) is 6. The summed E-state index contributed by atoms with van der Waals surface area (Å²) in [7, 11) is 2.58. The summed E-state index contributed by atoms with van der Waals surface area (Å²) in [5, 5.41) is 2.48. The van der Waals surface area contributed by atoms with E-state index in [1.54, 1.807) is 0 Å². The average molecular weight is 281 g/mol. The van der Waals surface area contributed by atoms with E-state index in [-0.39, 0.29) is 28.7 Å². The molecule has 108 valence electrons. The van der Waals surface area contributed by atoms with E-state index in [9.17, 15) is 14.4 Å². The van der Waals surface area contributed by atoms with Crippen LogP contribution in [0.1, 0.15) is 24.2 Å². The maximum atomic E-state index is 11.7. The van der Waals surface area contributed by atoms with Crippen molar-refractivity contribution in [1.82, 2.24) is 0 Å². The van der Waals surface area contributed by atoms with Gasteiger partial charge in [0.2, 0.25) is 5.91 Å². The molecular formula is C13H15NO6. The number of benzene rings is 1. The molecule has 1 aromatic carbocycles. The van der Waals surface area contributed by atoms with Crippen LogP contribution in [0, 0.1) is 0 Å². The molecule has 0 fully saturated rings. The van der Waals surface area contributed by atoms with Gasteiger partial charge in [-0.25, -0.2) is 4.79 Å². The number of esters is 2. The van der Waals surface area contributed by atoms with E-state index in [1.165, 1.54) is 40.2 Å². The normalized spacial score (nSPS) is 9.60. The minimum atomic E-state index is -0.676. The van der Waals surface area contributed by atoms with Crippen molar-refractivity contribution in [2.24, 2.45) is 0 Å². The van der Waals surface area contributed by atoms with Crippen LogP contribution in [0.2, 0.25) is 0 Å². The van der Waals surface area contributed by atoms with Gasteiger partial charge in [0.05, 0.1) is 25.5 Å². The van der Waals surface area contributed by atoms with E-state index in [4.69, 9.17) is 9.47 Å². The Labute approximate surface area is 115 Å². The second kappa shape index (κ2) is 6.55. The van der Waals surface area contributed by atoms with E-state index in [0.29, 0.717) is 0 Å². The molecule has 0 aliphatic heterocycles. The molecule has 1 rings (SSSR count). The van der Waals surface area contributed by atoms with Crippen molar-refractivity contribution in [3.63, 3.8) is 0 Å². The Balaban J connectivity index is 3.39. The standard InChI is InChI=1S/C13H15NO6/c1-7(15)14-10-6-11(18-3)12(20-8(2)16)5-9(10)13(17)19-4/h5-6H,1-4H3,(H,14,15). The molecule has 0 spiro atoms. The number of anilines is 1. The van der Waals surface area contributed by atoms with Gasteiger partial charge in [0.1, 0.15) is 0 Å². The lowest BCUT2D eigenvalue weighted by Gasteiger charge is -2.14. The van der Waals surface area contributed by atoms with Crippen LogP contribution in [-0.2, 0) is 14.3 Å². The van der Waals surface area contributed by atoms with Crippen molar-refractivity contribution in [3.8, 4) is 11.5 Å². The van der Waals surface area contributed by atoms with E-state index in [1.807, 2.05) is 0 Å². The SMILES string of the molecule is COC(=O)c1cc(OC(C)=O)c(OC)cc1NC(C)=O. The number of amides is 1. The van der Waals surface area contributed by atoms with Crippen LogP contribution in [-0.4, -0.2) is 32.1 Å². The molecule has 0 aliphatic carbocycles. The fraction of sp³-hybridized carbons (Fsp3) is 0.308. The van der Waals surface area contributed by atoms with Gasteiger partial charge in [-0.1, -0.05) is 0 Å². The molecule has 1 amide bonds. The number of ether oxygens (including phenoxy) is 3. The minimum Gasteiger partial charge on any atom is -0.493 e. The first-order chi connectivity index (χ1) is 9.38. The highest BCUT2D eigenvalue weighted by Gasteiger charge is 2.19. The van der Waals surface area contributed by atoms with Gasteiger partial charge in [-0.05, 0) is 0 Å². The fourth-order valence-corrected chi connectivity index (χ4v) is 1.53. The van der Waals surface area contributed by atoms with Gasteiger partial charge in [0.15, 0.2) is 11.5 Å². The van der Waals surface area contributed by atoms with Crippen molar-refractivity contribution in [2.45, 2.75) is 13.8 Å². The van der Waals surface area contributed by atoms with Gasteiger partial charge in [-0.15, -0.1) is 0 Å². The largest absolute Gasteiger partial charge is 0.493 e. The first kappa shape index (κ1) is 15.5. The maximum absolute atomic E-state index is 11.7. The third-order valence-corrected chi connectivity index (χ3v) is 2.27. The summed E-state index contributed by atoms with van der Waals surface area (Å²) >= 11 is 0. The molecule has 7 nitrogen and oxygen atoms in total. The summed E-state index contributed by atoms with van der Waals surface area (Å²) in [5.41, 5.74) is 0.261. The van der Waals surface area contributed by atoms with Crippen molar-refractivity contribution in [2.75, 3.05) is 19.5 Å². The first-order valence-corrected chi connectivity index (χ1v) is 5.65. The van der Waals surface area contributed by atoms with Crippen LogP contribution >= 0.6 is 0 Å². The van der Waals surface area contributed by atoms with Gasteiger partial charge in [-0.2, -0.15) is 0 Å². The van der Waals surface area contributed by atoms with E-state index in [2.05, 4.69) is 10.1 Å². The quantitative estimate of drug-likeness (QED) is 0.662. The molecule has 20 heavy (non-hydrogen) atoms. The molecule has 0 aliphatic rings. The topological polar surface area (TPSA) is 90.9 Å². The van der Waals surface area contributed by atoms with Crippen molar-refractivity contribution < 1.29 is 28.6 Å². The summed E-state index contributed by atoms with van der Waals surface area (Å²) in [5.74, 6) is -1.33. The lowest BCUT2D eigenvalue weighted by Crippen LogP contribution is -2.13. The summed E-state index contributed by atoms with van der Waals surface area (Å²) in [6, 6.07) is 2.66. The zero-order chi connectivity index (χ0) is 15.3. The maximum Gasteiger partial charge on any atom is 0.340 e. The summed E-state index contributed by atoms with van der Waals surface area (Å²) in [6.07, 6.45) is 0. The Hall–Kier alpha value is -2.57. The minimum absolute atomic E-state index is 0.0553. The van der Waals surface area contributed by atoms with Crippen LogP contribution in [0.4, 0.5) is 5.69 Å². The summed E-state index contributed by atoms with van der Waals surface area (Å²) in [4.78, 5) is 33.9. The van der Waals surface area contributed by atoms with Crippen LogP contribution in [0.25, 0.3) is 0 Å². The lowest BCUT2D eigenvalue weighted by molar-refractivity contribution is -0.132. The first-order valence-electron chi connectivity index (χ1n) is 5.65. The molecule has 0 heterocycles. The molecule has 0 aromatic heterocycles. The zero-order valence-corrected chi connectivity index (χ0v) is 11.6. The molecule has 1 aromatic rings. The smallest absolute Gasteiger partial charge is 0.340 e. The van der Waals surface area contributed by atoms with Crippen molar-refractivity contribution in [1.29, 1.82) is 0 Å². The fourth-order valence-electron chi connectivity index (χ4n) is 1.53. The average Bonchev–Trinajstić information content (AvgIpc) is 2.37. The highest BCUT2D eigenvalue weighted by molar-refractivity contribution is 6.01. The third kappa shape index (κ3) is 3.71. The third-order valence-electron chi connectivity index (χ3n) is 2.27. The predicted molar refractivity (Wildman–Crippen MR) is 69.9 cm³/mol. The lowest BCUT2D eigenvalue weighted by atomic mass is 10.1. The van der Waals surface area contributed by atoms with Gasteiger partial charge < -0.3 is 19.5 Å². The number of rotatable bonds is 4. The van der Waals surface area contributed by atoms with Gasteiger partial charge in [-0.3, -0.25) is 9.59 Å². The Morgan fingerprint density at radius 2 is 1.70 bits per heavy atom. The summed E-state index contributed by atoms with van der Waals surface area (Å²) in [6.45, 7) is 2.52. The molecule has 0 saturated carbocycles. The Morgan fingerprint density at radius 3 is 2.15 bits per heavy atom. The predicted octanol–water partition coefficient (Wildman–Crippen LogP) is 1.37. The molecule has 7 heteroatoms. The molecule has 0 atom stereocenters. The molecule has 0 unspecified atom stereocenters. The molecular weight excluding hydrogens is 266 g/mol. The van der Waals surface area contributed by atoms with E-state index in [0.717, 1.165) is 0 Å². The van der Waals surface area contributed by atoms with Crippen LogP contribution in [0.15, 0.2) is 12.1 Å². The van der Waals surface area contributed by atoms with Crippen LogP contribution in [0.3, 0.4) is 0 Å². The molecule has 1 N–H and O–H groups in total. The molecule has 0 radical (unpaired) electrons. The van der Waals surface area contributed by atoms with Crippen molar-refractivity contribution in [3.05, 3.63) is 17.7 Å². The van der Waals surface area contributed by atoms with Gasteiger partial charge in [0.25, 0.3) is 0 Å². The number of carbonyl (C=O) groups excluding carboxylic acids is 3. The van der Waals surface area contributed by atoms with Crippen LogP contribution in [0.5, 0.6) is 11.5 Å². The zero-order valence-electron chi connectivity index (χ0n) is 11.6. The Morgan fingerprint density at radius 1 is 1.05 bits per heavy atom. The van der Waals surface area contributed by atoms with Crippen molar-refractivity contribution >= 4 is 23.5 Å². The van der Waals surface area contributed by atoms with Crippen LogP contribution < -0.4 is 14.8 Å². The van der Waals surface area contributed by atoms with E-state index >= 15 is 0 Å². The Bertz CT molecular complexity index is 552. The molecule has 0 bridgehead atoms. The van der Waals surface area contributed by atoms with Gasteiger partial charge >= 0.3 is 11.9 Å². The number of methoxy groups -OCH3 is 2. The summed E-state index contributed by atoms with van der Waals surface area (Å²) < 4.78 is 14.6.